The molecule has 1 fully saturated rings. The van der Waals surface area contributed by atoms with E-state index in [4.69, 9.17) is 9.47 Å². The first-order valence-electron chi connectivity index (χ1n) is 9.59. The lowest BCUT2D eigenvalue weighted by Crippen LogP contribution is -2.45. The van der Waals surface area contributed by atoms with Crippen molar-refractivity contribution in [3.63, 3.8) is 0 Å². The van der Waals surface area contributed by atoms with E-state index in [2.05, 4.69) is 29.0 Å². The Morgan fingerprint density at radius 3 is 2.69 bits per heavy atom. The minimum Gasteiger partial charge on any atom is -0.494 e. The van der Waals surface area contributed by atoms with Crippen LogP contribution in [0.2, 0.25) is 0 Å². The van der Waals surface area contributed by atoms with Gasteiger partial charge in [-0.3, -0.25) is 4.79 Å². The number of halogens is 1. The number of benzene rings is 1. The smallest absolute Gasteiger partial charge is 0.244 e. The van der Waals surface area contributed by atoms with Gasteiger partial charge in [-0.1, -0.05) is 12.1 Å². The molecule has 2 heterocycles. The Balaban J connectivity index is 1.52. The highest BCUT2D eigenvalue weighted by Crippen LogP contribution is 2.19. The Bertz CT molecular complexity index is 860. The van der Waals surface area contributed by atoms with E-state index < -0.39 is 5.82 Å². The summed E-state index contributed by atoms with van der Waals surface area (Å²) in [6.07, 6.45) is 5.04. The zero-order valence-electron chi connectivity index (χ0n) is 16.9. The number of rotatable bonds is 6. The van der Waals surface area contributed by atoms with Gasteiger partial charge in [-0.15, -0.1) is 0 Å². The van der Waals surface area contributed by atoms with Crippen molar-refractivity contribution in [2.24, 2.45) is 0 Å². The highest BCUT2D eigenvalue weighted by Gasteiger charge is 2.22. The molecular weight excluding hydrogens is 373 g/mol. The lowest BCUT2D eigenvalue weighted by molar-refractivity contribution is -0.116. The second kappa shape index (κ2) is 9.52. The first kappa shape index (κ1) is 20.8. The highest BCUT2D eigenvalue weighted by molar-refractivity contribution is 5.91. The highest BCUT2D eigenvalue weighted by atomic mass is 19.1. The Morgan fingerprint density at radius 2 is 2.07 bits per heavy atom. The van der Waals surface area contributed by atoms with E-state index >= 15 is 0 Å². The van der Waals surface area contributed by atoms with Crippen molar-refractivity contribution in [3.8, 4) is 5.75 Å². The normalized spacial score (nSPS) is 19.4. The molecule has 0 spiro atoms. The molecule has 2 aromatic rings. The molecule has 0 bridgehead atoms. The third-order valence-electron chi connectivity index (χ3n) is 4.62. The van der Waals surface area contributed by atoms with Crippen molar-refractivity contribution < 1.29 is 18.7 Å². The molecule has 1 amide bonds. The van der Waals surface area contributed by atoms with Crippen LogP contribution >= 0.6 is 0 Å². The number of anilines is 1. The molecule has 1 aromatic carbocycles. The van der Waals surface area contributed by atoms with Gasteiger partial charge in [-0.25, -0.2) is 9.37 Å². The Kier molecular flexibility index (Phi) is 6.82. The van der Waals surface area contributed by atoms with Gasteiger partial charge < -0.3 is 19.7 Å². The number of methoxy groups -OCH3 is 1. The van der Waals surface area contributed by atoms with Gasteiger partial charge in [0.15, 0.2) is 11.6 Å². The zero-order valence-corrected chi connectivity index (χ0v) is 16.9. The summed E-state index contributed by atoms with van der Waals surface area (Å²) in [7, 11) is 1.41. The predicted molar refractivity (Wildman–Crippen MR) is 110 cm³/mol. The van der Waals surface area contributed by atoms with Crippen LogP contribution in [0, 0.1) is 5.82 Å². The largest absolute Gasteiger partial charge is 0.494 e. The molecule has 2 unspecified atom stereocenters. The first-order chi connectivity index (χ1) is 13.9. The summed E-state index contributed by atoms with van der Waals surface area (Å²) < 4.78 is 24.3. The number of morpholine rings is 1. The monoisotopic (exact) mass is 399 g/mol. The molecule has 0 aliphatic carbocycles. The van der Waals surface area contributed by atoms with E-state index in [1.165, 1.54) is 25.3 Å². The Hall–Kier alpha value is -2.93. The van der Waals surface area contributed by atoms with Crippen LogP contribution in [0.4, 0.5) is 10.2 Å². The number of amides is 1. The summed E-state index contributed by atoms with van der Waals surface area (Å²) >= 11 is 0. The fourth-order valence-corrected chi connectivity index (χ4v) is 3.28. The molecule has 6 nitrogen and oxygen atoms in total. The van der Waals surface area contributed by atoms with Gasteiger partial charge in [0.2, 0.25) is 5.91 Å². The molecule has 1 aromatic heterocycles. The van der Waals surface area contributed by atoms with Gasteiger partial charge in [-0.2, -0.15) is 0 Å². The average Bonchev–Trinajstić information content (AvgIpc) is 2.70. The third-order valence-corrected chi connectivity index (χ3v) is 4.62. The summed E-state index contributed by atoms with van der Waals surface area (Å²) in [5.41, 5.74) is 1.48. The number of ether oxygens (including phenoxy) is 2. The summed E-state index contributed by atoms with van der Waals surface area (Å²) in [5, 5.41) is 2.80. The van der Waals surface area contributed by atoms with E-state index in [1.54, 1.807) is 18.3 Å². The third kappa shape index (κ3) is 5.77. The number of hydrogen-bond acceptors (Lipinski definition) is 5. The topological polar surface area (TPSA) is 63.7 Å². The number of pyridine rings is 1. The lowest BCUT2D eigenvalue weighted by Gasteiger charge is -2.36. The maximum atomic E-state index is 13.7. The van der Waals surface area contributed by atoms with Crippen molar-refractivity contribution in [2.45, 2.75) is 32.6 Å². The van der Waals surface area contributed by atoms with Crippen LogP contribution < -0.4 is 15.0 Å². The van der Waals surface area contributed by atoms with Crippen LogP contribution in [-0.2, 0) is 16.1 Å². The van der Waals surface area contributed by atoms with E-state index in [-0.39, 0.29) is 23.9 Å². The van der Waals surface area contributed by atoms with Crippen molar-refractivity contribution in [3.05, 3.63) is 59.5 Å². The SMILES string of the molecule is COc1ccc(/C=C/C(=O)NCc2ccc(N3CC(C)OC(C)C3)nc2)cc1F. The van der Waals surface area contributed by atoms with Crippen LogP contribution in [-0.4, -0.2) is 43.3 Å². The predicted octanol–water partition coefficient (Wildman–Crippen LogP) is 3.17. The van der Waals surface area contributed by atoms with E-state index in [0.717, 1.165) is 24.5 Å². The van der Waals surface area contributed by atoms with Gasteiger partial charge in [0.1, 0.15) is 5.82 Å². The van der Waals surface area contributed by atoms with E-state index in [9.17, 15) is 9.18 Å². The summed E-state index contributed by atoms with van der Waals surface area (Å²) in [5.74, 6) is 0.346. The van der Waals surface area contributed by atoms with Gasteiger partial charge in [0.25, 0.3) is 0 Å². The number of nitrogens with zero attached hydrogens (tertiary/aromatic N) is 2. The van der Waals surface area contributed by atoms with Gasteiger partial charge in [-0.05, 0) is 49.2 Å². The Morgan fingerprint density at radius 1 is 1.31 bits per heavy atom. The molecule has 2 atom stereocenters. The zero-order chi connectivity index (χ0) is 20.8. The molecule has 1 aliphatic heterocycles. The fourth-order valence-electron chi connectivity index (χ4n) is 3.28. The maximum absolute atomic E-state index is 13.7. The van der Waals surface area contributed by atoms with Crippen LogP contribution in [0.3, 0.4) is 0 Å². The summed E-state index contributed by atoms with van der Waals surface area (Å²) in [6.45, 7) is 6.10. The van der Waals surface area contributed by atoms with Crippen molar-refractivity contribution in [1.82, 2.24) is 10.3 Å². The number of hydrogen-bond donors (Lipinski definition) is 1. The van der Waals surface area contributed by atoms with Crippen molar-refractivity contribution in [1.29, 1.82) is 0 Å². The quantitative estimate of drug-likeness (QED) is 0.756. The minimum atomic E-state index is -0.467. The van der Waals surface area contributed by atoms with Crippen molar-refractivity contribution >= 4 is 17.8 Å². The number of carbonyl (C=O) groups is 1. The number of aromatic nitrogens is 1. The Labute approximate surface area is 170 Å². The molecule has 1 saturated heterocycles. The standard InChI is InChI=1S/C22H26FN3O3/c1-15-13-26(14-16(2)29-15)21-8-5-18(11-24-21)12-25-22(27)9-6-17-4-7-20(28-3)19(23)10-17/h4-11,15-16H,12-14H2,1-3H3,(H,25,27)/b9-6+. The van der Waals surface area contributed by atoms with Crippen LogP contribution in [0.25, 0.3) is 6.08 Å². The molecule has 0 saturated carbocycles. The van der Waals surface area contributed by atoms with Gasteiger partial charge >= 0.3 is 0 Å². The minimum absolute atomic E-state index is 0.170. The summed E-state index contributed by atoms with van der Waals surface area (Å²) in [6, 6.07) is 8.44. The summed E-state index contributed by atoms with van der Waals surface area (Å²) in [4.78, 5) is 18.7. The molecule has 3 rings (SSSR count). The second-order valence-corrected chi connectivity index (χ2v) is 7.13. The fraction of sp³-hybridized carbons (Fsp3) is 0.364. The number of nitrogens with one attached hydrogen (secondary N) is 1. The molecule has 1 N–H and O–H groups in total. The van der Waals surface area contributed by atoms with Crippen LogP contribution in [0.1, 0.15) is 25.0 Å². The molecule has 1 aliphatic rings. The maximum Gasteiger partial charge on any atom is 0.244 e. The molecule has 7 heteroatoms. The number of carbonyl (C=O) groups excluding carboxylic acids is 1. The van der Waals surface area contributed by atoms with E-state index in [1.807, 2.05) is 12.1 Å². The van der Waals surface area contributed by atoms with Gasteiger partial charge in [0, 0.05) is 31.9 Å². The van der Waals surface area contributed by atoms with Gasteiger partial charge in [0.05, 0.1) is 19.3 Å². The molecule has 154 valence electrons. The molecule has 29 heavy (non-hydrogen) atoms. The van der Waals surface area contributed by atoms with Crippen LogP contribution in [0.5, 0.6) is 5.75 Å². The average molecular weight is 399 g/mol. The second-order valence-electron chi connectivity index (χ2n) is 7.13. The molecule has 0 radical (unpaired) electrons. The van der Waals surface area contributed by atoms with Crippen LogP contribution in [0.15, 0.2) is 42.6 Å². The van der Waals surface area contributed by atoms with Crippen molar-refractivity contribution in [2.75, 3.05) is 25.1 Å². The lowest BCUT2D eigenvalue weighted by atomic mass is 10.2. The molecular formula is C22H26FN3O3. The van der Waals surface area contributed by atoms with E-state index in [0.29, 0.717) is 12.1 Å². The first-order valence-corrected chi connectivity index (χ1v) is 9.59.